The van der Waals surface area contributed by atoms with E-state index in [4.69, 9.17) is 5.73 Å². The summed E-state index contributed by atoms with van der Waals surface area (Å²) in [6.07, 6.45) is 2.19. The van der Waals surface area contributed by atoms with Crippen LogP contribution in [0.4, 0.5) is 16.0 Å². The van der Waals surface area contributed by atoms with Crippen molar-refractivity contribution in [2.45, 2.75) is 38.5 Å². The maximum atomic E-state index is 15.3. The molecule has 9 heteroatoms. The highest BCUT2D eigenvalue weighted by molar-refractivity contribution is 5.58. The zero-order chi connectivity index (χ0) is 23.3. The van der Waals surface area contributed by atoms with E-state index in [1.54, 1.807) is 4.90 Å². The van der Waals surface area contributed by atoms with Gasteiger partial charge in [0.15, 0.2) is 11.6 Å². The average Bonchev–Trinajstić information content (AvgIpc) is 2.79. The number of nitrogens with zero attached hydrogens (tertiary/aromatic N) is 4. The third kappa shape index (κ3) is 5.23. The number of halogens is 1. The Bertz CT molecular complexity index is 914. The van der Waals surface area contributed by atoms with Crippen LogP contribution in [0.15, 0.2) is 30.6 Å². The van der Waals surface area contributed by atoms with Crippen LogP contribution in [0.3, 0.4) is 0 Å². The molecule has 2 unspecified atom stereocenters. The lowest BCUT2D eigenvalue weighted by Gasteiger charge is -2.38. The van der Waals surface area contributed by atoms with Crippen LogP contribution < -0.4 is 16.0 Å². The van der Waals surface area contributed by atoms with Crippen LogP contribution in [-0.2, 0) is 4.79 Å². The Labute approximate surface area is 188 Å². The van der Waals surface area contributed by atoms with E-state index < -0.39 is 11.9 Å². The number of nitrogens with two attached hydrogens (primary N) is 1. The van der Waals surface area contributed by atoms with Crippen molar-refractivity contribution < 1.29 is 14.3 Å². The molecule has 1 aromatic carbocycles. The van der Waals surface area contributed by atoms with E-state index in [-0.39, 0.29) is 36.2 Å². The Morgan fingerprint density at radius 1 is 1.41 bits per heavy atom. The summed E-state index contributed by atoms with van der Waals surface area (Å²) >= 11 is 0. The van der Waals surface area contributed by atoms with Gasteiger partial charge in [-0.15, -0.1) is 0 Å². The smallest absolute Gasteiger partial charge is 0.207 e. The third-order valence-corrected chi connectivity index (χ3v) is 6.48. The Kier molecular flexibility index (Phi) is 8.11. The molecular weight excluding hydrogens is 411 g/mol. The molecule has 0 spiro atoms. The maximum Gasteiger partial charge on any atom is 0.207 e. The first kappa shape index (κ1) is 24.0. The Balaban J connectivity index is 1.66. The number of carbonyl (C=O) groups excluding carboxylic acids is 1. The predicted molar refractivity (Wildman–Crippen MR) is 123 cm³/mol. The topological polar surface area (TPSA) is 108 Å². The van der Waals surface area contributed by atoms with Crippen LogP contribution >= 0.6 is 0 Å². The minimum atomic E-state index is -0.640. The summed E-state index contributed by atoms with van der Waals surface area (Å²) in [6.45, 7) is 5.65. The normalized spacial score (nSPS) is 21.1. The number of aromatic nitrogens is 2. The van der Waals surface area contributed by atoms with Gasteiger partial charge in [0.25, 0.3) is 0 Å². The lowest BCUT2D eigenvalue weighted by Crippen LogP contribution is -2.52. The second-order valence-corrected chi connectivity index (χ2v) is 8.43. The van der Waals surface area contributed by atoms with E-state index in [0.717, 1.165) is 17.4 Å². The molecule has 0 amide bonds. The van der Waals surface area contributed by atoms with Crippen LogP contribution in [0.2, 0.25) is 0 Å². The summed E-state index contributed by atoms with van der Waals surface area (Å²) < 4.78 is 15.3. The number of anilines is 2. The lowest BCUT2D eigenvalue weighted by atomic mass is 9.93. The number of β-amino-alcohol motifs (C(OH)–C–C–N with tert-alkyl or cyclic N) is 1. The highest BCUT2D eigenvalue weighted by atomic mass is 19.1. The summed E-state index contributed by atoms with van der Waals surface area (Å²) in [5.74, 6) is -0.282. The molecule has 0 radical (unpaired) electrons. The molecule has 1 aliphatic rings. The summed E-state index contributed by atoms with van der Waals surface area (Å²) in [5.41, 5.74) is 7.86. The quantitative estimate of drug-likeness (QED) is 0.502. The molecule has 2 aromatic rings. The molecule has 32 heavy (non-hydrogen) atoms. The van der Waals surface area contributed by atoms with E-state index in [9.17, 15) is 9.90 Å². The molecule has 1 saturated heterocycles. The number of hydrogen-bond donors (Lipinski definition) is 3. The molecular formula is C23H33FN6O2. The summed E-state index contributed by atoms with van der Waals surface area (Å²) in [6, 6.07) is 7.55. The van der Waals surface area contributed by atoms with Crippen molar-refractivity contribution in [1.29, 1.82) is 0 Å². The van der Waals surface area contributed by atoms with Crippen LogP contribution in [0.1, 0.15) is 30.5 Å². The first-order valence-electron chi connectivity index (χ1n) is 11.0. The van der Waals surface area contributed by atoms with Gasteiger partial charge >= 0.3 is 0 Å². The first-order valence-corrected chi connectivity index (χ1v) is 11.0. The van der Waals surface area contributed by atoms with Gasteiger partial charge < -0.3 is 25.9 Å². The molecule has 4 N–H and O–H groups in total. The number of aliphatic hydroxyl groups is 1. The molecule has 2 heterocycles. The summed E-state index contributed by atoms with van der Waals surface area (Å²) in [4.78, 5) is 23.1. The predicted octanol–water partition coefficient (Wildman–Crippen LogP) is 1.74. The van der Waals surface area contributed by atoms with E-state index in [1.165, 1.54) is 6.33 Å². The van der Waals surface area contributed by atoms with Gasteiger partial charge in [-0.2, -0.15) is 4.39 Å². The number of hydrogen-bond acceptors (Lipinski definition) is 8. The second-order valence-electron chi connectivity index (χ2n) is 8.43. The second kappa shape index (κ2) is 10.8. The Morgan fingerprint density at radius 3 is 2.81 bits per heavy atom. The van der Waals surface area contributed by atoms with Gasteiger partial charge in [0, 0.05) is 32.6 Å². The van der Waals surface area contributed by atoms with Gasteiger partial charge in [-0.1, -0.05) is 24.3 Å². The molecule has 0 aliphatic carbocycles. The molecule has 0 bridgehead atoms. The number of rotatable bonds is 9. The van der Waals surface area contributed by atoms with Gasteiger partial charge in [0.05, 0.1) is 18.2 Å². The van der Waals surface area contributed by atoms with Crippen molar-refractivity contribution in [3.05, 3.63) is 47.5 Å². The molecule has 1 fully saturated rings. The van der Waals surface area contributed by atoms with Crippen molar-refractivity contribution in [3.8, 4) is 0 Å². The first-order chi connectivity index (χ1) is 15.4. The minimum absolute atomic E-state index is 0.0760. The zero-order valence-electron chi connectivity index (χ0n) is 18.9. The van der Waals surface area contributed by atoms with Crippen LogP contribution in [0, 0.1) is 18.7 Å². The number of benzene rings is 1. The zero-order valence-corrected chi connectivity index (χ0v) is 18.9. The van der Waals surface area contributed by atoms with Gasteiger partial charge in [-0.25, -0.2) is 9.97 Å². The number of nitrogens with one attached hydrogen (secondary N) is 1. The monoisotopic (exact) mass is 444 g/mol. The fraction of sp³-hybridized carbons (Fsp3) is 0.522. The molecule has 3 rings (SSSR count). The van der Waals surface area contributed by atoms with Crippen molar-refractivity contribution in [1.82, 2.24) is 14.9 Å². The van der Waals surface area contributed by atoms with Crippen LogP contribution in [-0.4, -0.2) is 71.6 Å². The van der Waals surface area contributed by atoms with Crippen molar-refractivity contribution in [2.75, 3.05) is 43.4 Å². The van der Waals surface area contributed by atoms with Gasteiger partial charge in [-0.3, -0.25) is 4.90 Å². The van der Waals surface area contributed by atoms with Crippen LogP contribution in [0.5, 0.6) is 0 Å². The largest absolute Gasteiger partial charge is 0.391 e. The fourth-order valence-corrected chi connectivity index (χ4v) is 4.24. The van der Waals surface area contributed by atoms with E-state index in [1.807, 2.05) is 50.1 Å². The highest BCUT2D eigenvalue weighted by Gasteiger charge is 2.31. The summed E-state index contributed by atoms with van der Waals surface area (Å²) in [7, 11) is 1.81. The number of aliphatic hydroxyl groups excluding tert-OH is 1. The molecule has 174 valence electrons. The maximum absolute atomic E-state index is 15.3. The van der Waals surface area contributed by atoms with E-state index in [2.05, 4.69) is 15.3 Å². The van der Waals surface area contributed by atoms with Crippen molar-refractivity contribution in [3.63, 3.8) is 0 Å². The Hall–Kier alpha value is -2.62. The summed E-state index contributed by atoms with van der Waals surface area (Å²) in [5, 5.41) is 13.6. The fourth-order valence-electron chi connectivity index (χ4n) is 4.24. The standard InChI is InChI=1S/C23H33FN6O2/c1-15-6-4-5-7-19(15)16(2)29(3)23-21(24)22(27-14-28-23)26-11-17-8-9-30(12-20(17)32)18(10-25)13-31/h4-7,13-14,16-18,20,32H,8-12,25H2,1-3H3,(H,26,27,28)/t16?,17-,18?,20+/m0/s1. The van der Waals surface area contributed by atoms with Crippen molar-refractivity contribution in [2.24, 2.45) is 11.7 Å². The number of piperidine rings is 1. The van der Waals surface area contributed by atoms with Gasteiger partial charge in [-0.05, 0) is 37.9 Å². The Morgan fingerprint density at radius 2 is 2.16 bits per heavy atom. The SMILES string of the molecule is Cc1ccccc1C(C)N(C)c1ncnc(NC[C@@H]2CCN(C(C=O)CN)C[C@H]2O)c1F. The minimum Gasteiger partial charge on any atom is -0.391 e. The van der Waals surface area contributed by atoms with Crippen molar-refractivity contribution >= 4 is 17.9 Å². The molecule has 1 aromatic heterocycles. The van der Waals surface area contributed by atoms with Gasteiger partial charge in [0.1, 0.15) is 12.6 Å². The molecule has 1 aliphatic heterocycles. The van der Waals surface area contributed by atoms with Crippen LogP contribution in [0.25, 0.3) is 0 Å². The van der Waals surface area contributed by atoms with E-state index in [0.29, 0.717) is 26.1 Å². The molecule has 8 nitrogen and oxygen atoms in total. The average molecular weight is 445 g/mol. The number of aryl methyl sites for hydroxylation is 1. The lowest BCUT2D eigenvalue weighted by molar-refractivity contribution is -0.113. The van der Waals surface area contributed by atoms with E-state index >= 15 is 4.39 Å². The molecule has 4 atom stereocenters. The highest BCUT2D eigenvalue weighted by Crippen LogP contribution is 2.30. The number of aldehydes is 1. The van der Waals surface area contributed by atoms with Gasteiger partial charge in [0.2, 0.25) is 5.82 Å². The number of likely N-dealkylation sites (tertiary alicyclic amines) is 1. The number of carbonyl (C=O) groups is 1. The third-order valence-electron chi connectivity index (χ3n) is 6.48. The molecule has 0 saturated carbocycles.